The Morgan fingerprint density at radius 1 is 1.08 bits per heavy atom. The summed E-state index contributed by atoms with van der Waals surface area (Å²) in [5, 5.41) is 1.93. The average molecular weight is 573 g/mol. The van der Waals surface area contributed by atoms with Gasteiger partial charge in [0, 0.05) is 5.69 Å². The van der Waals surface area contributed by atoms with E-state index in [0.29, 0.717) is 23.0 Å². The third kappa shape index (κ3) is 6.18. The van der Waals surface area contributed by atoms with Gasteiger partial charge in [-0.05, 0) is 66.7 Å². The van der Waals surface area contributed by atoms with E-state index >= 15 is 0 Å². The molecule has 3 aromatic rings. The highest BCUT2D eigenvalue weighted by molar-refractivity contribution is 8.18. The standard InChI is InChI=1S/C26H21ClN2O7S2/c1-16-8-10-19(11-9-16)38(33,34)36-24-20(27)12-17(13-21(24)35-2)14-22-25(31)29(26(32)37-22)15-23(30)28-18-6-4-3-5-7-18/h3-14H,15H2,1-2H3,(H,28,30)/b22-14-. The number of nitrogens with zero attached hydrogens (tertiary/aromatic N) is 1. The van der Waals surface area contributed by atoms with Gasteiger partial charge in [0.25, 0.3) is 11.1 Å². The summed E-state index contributed by atoms with van der Waals surface area (Å²) in [6.07, 6.45) is 1.40. The molecule has 196 valence electrons. The van der Waals surface area contributed by atoms with E-state index in [9.17, 15) is 22.8 Å². The van der Waals surface area contributed by atoms with Crippen molar-refractivity contribution in [3.63, 3.8) is 0 Å². The van der Waals surface area contributed by atoms with Crippen molar-refractivity contribution in [2.75, 3.05) is 19.0 Å². The third-order valence-electron chi connectivity index (χ3n) is 5.29. The molecule has 1 fully saturated rings. The summed E-state index contributed by atoms with van der Waals surface area (Å²) in [6.45, 7) is 1.37. The maximum Gasteiger partial charge on any atom is 0.339 e. The van der Waals surface area contributed by atoms with E-state index in [2.05, 4.69) is 5.32 Å². The molecule has 0 atom stereocenters. The fraction of sp³-hybridized carbons (Fsp3) is 0.115. The summed E-state index contributed by atoms with van der Waals surface area (Å²) in [5.41, 5.74) is 1.77. The lowest BCUT2D eigenvalue weighted by atomic mass is 10.2. The molecule has 38 heavy (non-hydrogen) atoms. The van der Waals surface area contributed by atoms with Crippen molar-refractivity contribution < 1.29 is 31.7 Å². The van der Waals surface area contributed by atoms with Crippen LogP contribution in [0, 0.1) is 6.92 Å². The molecule has 3 amide bonds. The predicted octanol–water partition coefficient (Wildman–Crippen LogP) is 5.10. The van der Waals surface area contributed by atoms with Gasteiger partial charge in [-0.2, -0.15) is 8.42 Å². The molecule has 0 unspecified atom stereocenters. The van der Waals surface area contributed by atoms with Gasteiger partial charge in [-0.25, -0.2) is 0 Å². The first-order chi connectivity index (χ1) is 18.1. The second-order valence-corrected chi connectivity index (χ2v) is 11.0. The van der Waals surface area contributed by atoms with E-state index in [4.69, 9.17) is 20.5 Å². The molecule has 0 saturated carbocycles. The molecule has 0 bridgehead atoms. The van der Waals surface area contributed by atoms with Crippen molar-refractivity contribution in [1.29, 1.82) is 0 Å². The van der Waals surface area contributed by atoms with Crippen LogP contribution in [0.5, 0.6) is 11.5 Å². The summed E-state index contributed by atoms with van der Waals surface area (Å²) in [4.78, 5) is 38.5. The molecule has 1 heterocycles. The van der Waals surface area contributed by atoms with Crippen LogP contribution in [0.15, 0.2) is 76.5 Å². The van der Waals surface area contributed by atoms with Crippen LogP contribution < -0.4 is 14.2 Å². The van der Waals surface area contributed by atoms with Gasteiger partial charge >= 0.3 is 10.1 Å². The highest BCUT2D eigenvalue weighted by atomic mass is 35.5. The molecule has 1 N–H and O–H groups in total. The Kier molecular flexibility index (Phi) is 8.10. The summed E-state index contributed by atoms with van der Waals surface area (Å²) < 4.78 is 36.0. The summed E-state index contributed by atoms with van der Waals surface area (Å²) >= 11 is 7.00. The first kappa shape index (κ1) is 27.2. The smallest absolute Gasteiger partial charge is 0.339 e. The summed E-state index contributed by atoms with van der Waals surface area (Å²) in [5.74, 6) is -1.40. The molecule has 9 nitrogen and oxygen atoms in total. The number of benzene rings is 3. The van der Waals surface area contributed by atoms with Crippen molar-refractivity contribution >= 4 is 62.3 Å². The van der Waals surface area contributed by atoms with Gasteiger partial charge in [-0.15, -0.1) is 0 Å². The number of rotatable bonds is 8. The normalized spacial score (nSPS) is 14.6. The van der Waals surface area contributed by atoms with Gasteiger partial charge < -0.3 is 14.2 Å². The number of thioether (sulfide) groups is 1. The number of aryl methyl sites for hydroxylation is 1. The number of imide groups is 1. The van der Waals surface area contributed by atoms with Crippen LogP contribution in [0.3, 0.4) is 0 Å². The number of carbonyl (C=O) groups excluding carboxylic acids is 3. The maximum absolute atomic E-state index is 12.9. The van der Waals surface area contributed by atoms with Gasteiger partial charge in [0.05, 0.1) is 17.0 Å². The first-order valence-corrected chi connectivity index (χ1v) is 13.7. The maximum atomic E-state index is 12.9. The highest BCUT2D eigenvalue weighted by Gasteiger charge is 2.36. The SMILES string of the molecule is COc1cc(/C=C2\SC(=O)N(CC(=O)Nc3ccccc3)C2=O)cc(Cl)c1OS(=O)(=O)c1ccc(C)cc1. The van der Waals surface area contributed by atoms with Crippen molar-refractivity contribution in [2.24, 2.45) is 0 Å². The first-order valence-electron chi connectivity index (χ1n) is 11.1. The minimum Gasteiger partial charge on any atom is -0.493 e. The van der Waals surface area contributed by atoms with E-state index in [1.165, 1.54) is 37.5 Å². The van der Waals surface area contributed by atoms with Crippen molar-refractivity contribution in [3.8, 4) is 11.5 Å². The second-order valence-electron chi connectivity index (χ2n) is 8.07. The third-order valence-corrected chi connectivity index (χ3v) is 7.71. The number of halogens is 1. The fourth-order valence-electron chi connectivity index (χ4n) is 3.42. The van der Waals surface area contributed by atoms with Crippen LogP contribution in [0.1, 0.15) is 11.1 Å². The second kappa shape index (κ2) is 11.3. The number of para-hydroxylation sites is 1. The number of hydrogen-bond donors (Lipinski definition) is 1. The van der Waals surface area contributed by atoms with Crippen molar-refractivity contribution in [3.05, 3.63) is 87.8 Å². The van der Waals surface area contributed by atoms with Gasteiger partial charge in [-0.3, -0.25) is 19.3 Å². The number of ether oxygens (including phenoxy) is 1. The molecule has 1 saturated heterocycles. The Balaban J connectivity index is 1.53. The summed E-state index contributed by atoms with van der Waals surface area (Å²) in [6, 6.07) is 17.5. The zero-order valence-electron chi connectivity index (χ0n) is 20.1. The van der Waals surface area contributed by atoms with E-state index in [1.807, 2.05) is 6.92 Å². The molecule has 0 aliphatic carbocycles. The monoisotopic (exact) mass is 572 g/mol. The van der Waals surface area contributed by atoms with Crippen LogP contribution in [-0.4, -0.2) is 44.0 Å². The van der Waals surface area contributed by atoms with Crippen molar-refractivity contribution in [2.45, 2.75) is 11.8 Å². The lowest BCUT2D eigenvalue weighted by Gasteiger charge is -2.14. The molecule has 0 spiro atoms. The molecule has 1 aliphatic heterocycles. The van der Waals surface area contributed by atoms with E-state index in [-0.39, 0.29) is 26.3 Å². The van der Waals surface area contributed by atoms with E-state index in [0.717, 1.165) is 10.5 Å². The van der Waals surface area contributed by atoms with Crippen molar-refractivity contribution in [1.82, 2.24) is 4.90 Å². The number of nitrogens with one attached hydrogen (secondary N) is 1. The molecule has 0 radical (unpaired) electrons. The predicted molar refractivity (Wildman–Crippen MR) is 145 cm³/mol. The average Bonchev–Trinajstić information content (AvgIpc) is 3.13. The Morgan fingerprint density at radius 3 is 2.42 bits per heavy atom. The van der Waals surface area contributed by atoms with Crippen LogP contribution >= 0.6 is 23.4 Å². The fourth-order valence-corrected chi connectivity index (χ4v) is 5.52. The number of anilines is 1. The Morgan fingerprint density at radius 2 is 1.76 bits per heavy atom. The minimum absolute atomic E-state index is 0.000837. The number of carbonyl (C=O) groups is 3. The zero-order chi connectivity index (χ0) is 27.4. The van der Waals surface area contributed by atoms with E-state index < -0.39 is 33.7 Å². The van der Waals surface area contributed by atoms with Gasteiger partial charge in [0.15, 0.2) is 5.75 Å². The van der Waals surface area contributed by atoms with Crippen LogP contribution in [0.25, 0.3) is 6.08 Å². The molecular weight excluding hydrogens is 552 g/mol. The van der Waals surface area contributed by atoms with E-state index in [1.54, 1.807) is 42.5 Å². The lowest BCUT2D eigenvalue weighted by Crippen LogP contribution is -2.36. The number of amides is 3. The zero-order valence-corrected chi connectivity index (χ0v) is 22.5. The van der Waals surface area contributed by atoms with Crippen LogP contribution in [0.4, 0.5) is 10.5 Å². The molecule has 1 aliphatic rings. The number of methoxy groups -OCH3 is 1. The minimum atomic E-state index is -4.21. The van der Waals surface area contributed by atoms with Gasteiger partial charge in [0.2, 0.25) is 11.7 Å². The quantitative estimate of drug-likeness (QED) is 0.292. The highest BCUT2D eigenvalue weighted by Crippen LogP contribution is 2.40. The summed E-state index contributed by atoms with van der Waals surface area (Å²) in [7, 11) is -2.90. The number of hydrogen-bond acceptors (Lipinski definition) is 8. The topological polar surface area (TPSA) is 119 Å². The molecule has 3 aromatic carbocycles. The van der Waals surface area contributed by atoms with Gasteiger partial charge in [-0.1, -0.05) is 47.5 Å². The van der Waals surface area contributed by atoms with Crippen LogP contribution in [0.2, 0.25) is 5.02 Å². The Bertz CT molecular complexity index is 1540. The Labute approximate surface area is 228 Å². The largest absolute Gasteiger partial charge is 0.493 e. The Hall–Kier alpha value is -3.80. The van der Waals surface area contributed by atoms with Gasteiger partial charge in [0.1, 0.15) is 11.4 Å². The lowest BCUT2D eigenvalue weighted by molar-refractivity contribution is -0.127. The molecule has 4 rings (SSSR count). The van der Waals surface area contributed by atoms with Crippen LogP contribution in [-0.2, 0) is 19.7 Å². The molecule has 0 aromatic heterocycles. The molecular formula is C26H21ClN2O7S2. The molecule has 12 heteroatoms.